The van der Waals surface area contributed by atoms with Gasteiger partial charge in [-0.05, 0) is 31.2 Å². The molecule has 0 fully saturated rings. The molecule has 1 aromatic heterocycles. The third-order valence-electron chi connectivity index (χ3n) is 4.11. The molecule has 1 N–H and O–H groups in total. The molecular formula is C20H20N4O6. The van der Waals surface area contributed by atoms with E-state index >= 15 is 0 Å². The lowest BCUT2D eigenvalue weighted by molar-refractivity contribution is -0.384. The maximum atomic E-state index is 12.3. The number of benzene rings is 2. The van der Waals surface area contributed by atoms with Gasteiger partial charge in [-0.1, -0.05) is 17.7 Å². The molecule has 0 aliphatic heterocycles. The fraction of sp³-hybridized carbons (Fsp3) is 0.250. The Labute approximate surface area is 172 Å². The number of nitrogens with one attached hydrogen (secondary N) is 1. The van der Waals surface area contributed by atoms with Crippen molar-refractivity contribution in [1.29, 1.82) is 0 Å². The summed E-state index contributed by atoms with van der Waals surface area (Å²) in [6.07, 6.45) is 0. The first-order chi connectivity index (χ1) is 14.5. The molecule has 0 atom stereocenters. The zero-order chi connectivity index (χ0) is 21.5. The lowest BCUT2D eigenvalue weighted by Gasteiger charge is -2.08. The summed E-state index contributed by atoms with van der Waals surface area (Å²) >= 11 is 0. The second-order valence-electron chi connectivity index (χ2n) is 6.36. The summed E-state index contributed by atoms with van der Waals surface area (Å²) in [5, 5.41) is 22.0. The standard InChI is InChI=1S/C20H20N4O6/c1-13-4-3-5-14(10-13)19-23-22-18(30-19)12-29-20(25)15-6-7-16(21-8-9-28-2)17(11-15)24(26)27/h3-7,10-11,21H,8-9,12H2,1-2H3. The van der Waals surface area contributed by atoms with E-state index in [9.17, 15) is 14.9 Å². The van der Waals surface area contributed by atoms with Gasteiger partial charge in [0.15, 0.2) is 6.61 Å². The molecule has 3 aromatic rings. The fourth-order valence-electron chi connectivity index (χ4n) is 2.66. The van der Waals surface area contributed by atoms with Crippen LogP contribution in [0, 0.1) is 17.0 Å². The number of methoxy groups -OCH3 is 1. The van der Waals surface area contributed by atoms with Crippen molar-refractivity contribution >= 4 is 17.3 Å². The zero-order valence-electron chi connectivity index (χ0n) is 16.5. The van der Waals surface area contributed by atoms with Crippen molar-refractivity contribution in [3.05, 3.63) is 69.6 Å². The minimum Gasteiger partial charge on any atom is -0.452 e. The molecule has 0 bridgehead atoms. The van der Waals surface area contributed by atoms with Gasteiger partial charge in [0, 0.05) is 25.3 Å². The molecule has 0 unspecified atom stereocenters. The topological polar surface area (TPSA) is 130 Å². The van der Waals surface area contributed by atoms with Crippen LogP contribution in [0.5, 0.6) is 0 Å². The van der Waals surface area contributed by atoms with Crippen molar-refractivity contribution in [2.45, 2.75) is 13.5 Å². The van der Waals surface area contributed by atoms with Crippen LogP contribution in [-0.2, 0) is 16.1 Å². The van der Waals surface area contributed by atoms with Gasteiger partial charge in [0.2, 0.25) is 5.89 Å². The predicted octanol–water partition coefficient (Wildman–Crippen LogP) is 3.37. The largest absolute Gasteiger partial charge is 0.452 e. The van der Waals surface area contributed by atoms with E-state index in [4.69, 9.17) is 13.9 Å². The highest BCUT2D eigenvalue weighted by Gasteiger charge is 2.19. The number of nitro groups is 1. The number of hydrogen-bond acceptors (Lipinski definition) is 9. The van der Waals surface area contributed by atoms with Gasteiger partial charge < -0.3 is 19.2 Å². The van der Waals surface area contributed by atoms with Crippen LogP contribution >= 0.6 is 0 Å². The minimum atomic E-state index is -0.739. The fourth-order valence-corrected chi connectivity index (χ4v) is 2.66. The van der Waals surface area contributed by atoms with E-state index in [1.165, 1.54) is 19.2 Å². The van der Waals surface area contributed by atoms with Gasteiger partial charge in [-0.3, -0.25) is 10.1 Å². The Bertz CT molecular complexity index is 1050. The zero-order valence-corrected chi connectivity index (χ0v) is 16.5. The summed E-state index contributed by atoms with van der Waals surface area (Å²) in [5.74, 6) is -0.309. The molecular weight excluding hydrogens is 392 g/mol. The first kappa shape index (κ1) is 20.9. The third-order valence-corrected chi connectivity index (χ3v) is 4.11. The van der Waals surface area contributed by atoms with Gasteiger partial charge in [0.1, 0.15) is 5.69 Å². The Balaban J connectivity index is 1.66. The molecule has 10 nitrogen and oxygen atoms in total. The Morgan fingerprint density at radius 1 is 1.23 bits per heavy atom. The first-order valence-corrected chi connectivity index (χ1v) is 9.05. The third kappa shape index (κ3) is 5.17. The lowest BCUT2D eigenvalue weighted by atomic mass is 10.1. The van der Waals surface area contributed by atoms with Crippen LogP contribution in [0.25, 0.3) is 11.5 Å². The number of hydrogen-bond donors (Lipinski definition) is 1. The Hall–Kier alpha value is -3.79. The lowest BCUT2D eigenvalue weighted by Crippen LogP contribution is -2.11. The average molecular weight is 412 g/mol. The Morgan fingerprint density at radius 3 is 2.80 bits per heavy atom. The highest BCUT2D eigenvalue weighted by molar-refractivity contribution is 5.91. The van der Waals surface area contributed by atoms with Gasteiger partial charge in [-0.15, -0.1) is 10.2 Å². The van der Waals surface area contributed by atoms with Gasteiger partial charge in [0.25, 0.3) is 11.6 Å². The van der Waals surface area contributed by atoms with Crippen LogP contribution in [0.1, 0.15) is 21.8 Å². The van der Waals surface area contributed by atoms with Crippen LogP contribution in [-0.4, -0.2) is 41.4 Å². The van der Waals surface area contributed by atoms with E-state index < -0.39 is 10.9 Å². The number of carbonyl (C=O) groups is 1. The normalized spacial score (nSPS) is 10.6. The monoisotopic (exact) mass is 412 g/mol. The van der Waals surface area contributed by atoms with Crippen LogP contribution in [0.4, 0.5) is 11.4 Å². The van der Waals surface area contributed by atoms with Crippen LogP contribution in [0.3, 0.4) is 0 Å². The van der Waals surface area contributed by atoms with E-state index in [1.54, 1.807) is 0 Å². The van der Waals surface area contributed by atoms with Gasteiger partial charge in [0.05, 0.1) is 17.1 Å². The first-order valence-electron chi connectivity index (χ1n) is 9.05. The molecule has 156 valence electrons. The predicted molar refractivity (Wildman–Crippen MR) is 107 cm³/mol. The summed E-state index contributed by atoms with van der Waals surface area (Å²) in [6, 6.07) is 11.6. The molecule has 0 aliphatic carbocycles. The van der Waals surface area contributed by atoms with Crippen molar-refractivity contribution in [3.8, 4) is 11.5 Å². The van der Waals surface area contributed by atoms with E-state index in [0.717, 1.165) is 17.2 Å². The number of esters is 1. The molecule has 0 saturated carbocycles. The summed E-state index contributed by atoms with van der Waals surface area (Å²) < 4.78 is 15.6. The number of nitrogens with zero attached hydrogens (tertiary/aromatic N) is 3. The minimum absolute atomic E-state index is 0.0393. The number of aromatic nitrogens is 2. The van der Waals surface area contributed by atoms with Crippen LogP contribution < -0.4 is 5.32 Å². The van der Waals surface area contributed by atoms with Gasteiger partial charge >= 0.3 is 5.97 Å². The molecule has 0 radical (unpaired) electrons. The number of rotatable bonds is 9. The molecule has 0 spiro atoms. The second-order valence-corrected chi connectivity index (χ2v) is 6.36. The van der Waals surface area contributed by atoms with Crippen LogP contribution in [0.15, 0.2) is 46.9 Å². The maximum absolute atomic E-state index is 12.3. The molecule has 0 aliphatic rings. The molecule has 1 heterocycles. The van der Waals surface area contributed by atoms with Crippen molar-refractivity contribution in [2.24, 2.45) is 0 Å². The second kappa shape index (κ2) is 9.61. The van der Waals surface area contributed by atoms with Crippen molar-refractivity contribution in [1.82, 2.24) is 10.2 Å². The summed E-state index contributed by atoms with van der Waals surface area (Å²) in [5.41, 5.74) is 1.89. The SMILES string of the molecule is COCCNc1ccc(C(=O)OCc2nnc(-c3cccc(C)c3)o2)cc1[N+](=O)[O-]. The van der Waals surface area contributed by atoms with Gasteiger partial charge in [-0.25, -0.2) is 4.79 Å². The van der Waals surface area contributed by atoms with E-state index in [0.29, 0.717) is 19.0 Å². The summed E-state index contributed by atoms with van der Waals surface area (Å²) in [6.45, 7) is 2.47. The van der Waals surface area contributed by atoms with E-state index in [2.05, 4.69) is 15.5 Å². The van der Waals surface area contributed by atoms with Crippen molar-refractivity contribution < 1.29 is 23.6 Å². The Morgan fingerprint density at radius 2 is 2.07 bits per heavy atom. The summed E-state index contributed by atoms with van der Waals surface area (Å²) in [4.78, 5) is 23.1. The molecule has 3 rings (SSSR count). The number of aryl methyl sites for hydroxylation is 1. The number of carbonyl (C=O) groups excluding carboxylic acids is 1. The number of ether oxygens (including phenoxy) is 2. The van der Waals surface area contributed by atoms with Crippen molar-refractivity contribution in [2.75, 3.05) is 25.6 Å². The molecule has 0 saturated heterocycles. The van der Waals surface area contributed by atoms with Gasteiger partial charge in [-0.2, -0.15) is 0 Å². The summed E-state index contributed by atoms with van der Waals surface area (Å²) in [7, 11) is 1.53. The number of nitro benzene ring substituents is 1. The molecule has 0 amide bonds. The molecule has 30 heavy (non-hydrogen) atoms. The highest BCUT2D eigenvalue weighted by atomic mass is 16.6. The van der Waals surface area contributed by atoms with E-state index in [-0.39, 0.29) is 29.4 Å². The quantitative estimate of drug-likeness (QED) is 0.243. The average Bonchev–Trinajstić information content (AvgIpc) is 3.21. The van der Waals surface area contributed by atoms with Crippen molar-refractivity contribution in [3.63, 3.8) is 0 Å². The molecule has 2 aromatic carbocycles. The smallest absolute Gasteiger partial charge is 0.338 e. The Kier molecular flexibility index (Phi) is 6.71. The van der Waals surface area contributed by atoms with Crippen LogP contribution in [0.2, 0.25) is 0 Å². The molecule has 10 heteroatoms. The van der Waals surface area contributed by atoms with E-state index in [1.807, 2.05) is 31.2 Å². The maximum Gasteiger partial charge on any atom is 0.338 e. The number of anilines is 1. The highest BCUT2D eigenvalue weighted by Crippen LogP contribution is 2.26.